The first kappa shape index (κ1) is 12.8. The Morgan fingerprint density at radius 3 is 2.47 bits per heavy atom. The third-order valence-electron chi connectivity index (χ3n) is 4.37. The fourth-order valence-corrected chi connectivity index (χ4v) is 2.97. The van der Waals surface area contributed by atoms with Crippen molar-refractivity contribution < 1.29 is 4.79 Å². The van der Waals surface area contributed by atoms with E-state index in [4.69, 9.17) is 0 Å². The lowest BCUT2D eigenvalue weighted by Crippen LogP contribution is -2.49. The third kappa shape index (κ3) is 2.63. The Morgan fingerprint density at radius 2 is 2.00 bits per heavy atom. The molecule has 0 aliphatic carbocycles. The van der Waals surface area contributed by atoms with Crippen molar-refractivity contribution in [2.24, 2.45) is 5.41 Å². The second-order valence-corrected chi connectivity index (χ2v) is 5.97. The summed E-state index contributed by atoms with van der Waals surface area (Å²) in [5.74, 6) is 0.361. The number of piperidine rings is 1. The van der Waals surface area contributed by atoms with Crippen molar-refractivity contribution in [3.05, 3.63) is 0 Å². The molecule has 1 atom stereocenters. The van der Waals surface area contributed by atoms with E-state index in [1.54, 1.807) is 0 Å². The molecule has 1 unspecified atom stereocenters. The lowest BCUT2D eigenvalue weighted by molar-refractivity contribution is -0.141. The molecule has 2 fully saturated rings. The van der Waals surface area contributed by atoms with Crippen molar-refractivity contribution in [2.75, 3.05) is 40.3 Å². The molecule has 1 amide bonds. The number of nitrogens with zero attached hydrogens (tertiary/aromatic N) is 2. The van der Waals surface area contributed by atoms with Crippen molar-refractivity contribution in [3.63, 3.8) is 0 Å². The van der Waals surface area contributed by atoms with Crippen LogP contribution >= 0.6 is 0 Å². The minimum atomic E-state index is -0.148. The fraction of sp³-hybridized carbons (Fsp3) is 0.923. The molecule has 98 valence electrons. The van der Waals surface area contributed by atoms with Crippen LogP contribution in [-0.2, 0) is 4.79 Å². The average Bonchev–Trinajstić information content (AvgIpc) is 2.76. The number of hydrogen-bond acceptors (Lipinski definition) is 3. The summed E-state index contributed by atoms with van der Waals surface area (Å²) in [6, 6.07) is 0.647. The van der Waals surface area contributed by atoms with Crippen molar-refractivity contribution in [1.29, 1.82) is 0 Å². The van der Waals surface area contributed by atoms with E-state index in [9.17, 15) is 4.79 Å². The molecule has 2 saturated heterocycles. The topological polar surface area (TPSA) is 35.6 Å². The van der Waals surface area contributed by atoms with E-state index < -0.39 is 0 Å². The molecule has 4 nitrogen and oxygen atoms in total. The smallest absolute Gasteiger partial charge is 0.229 e. The highest BCUT2D eigenvalue weighted by atomic mass is 16.2. The predicted octanol–water partition coefficient (Wildman–Crippen LogP) is 0.539. The van der Waals surface area contributed by atoms with Gasteiger partial charge in [-0.2, -0.15) is 0 Å². The molecule has 0 aromatic heterocycles. The average molecular weight is 239 g/mol. The van der Waals surface area contributed by atoms with Crippen LogP contribution < -0.4 is 5.32 Å². The van der Waals surface area contributed by atoms with Gasteiger partial charge in [-0.3, -0.25) is 4.79 Å². The van der Waals surface area contributed by atoms with E-state index >= 15 is 0 Å². The highest BCUT2D eigenvalue weighted by molar-refractivity contribution is 5.83. The lowest BCUT2D eigenvalue weighted by Gasteiger charge is -2.38. The van der Waals surface area contributed by atoms with Gasteiger partial charge < -0.3 is 15.1 Å². The van der Waals surface area contributed by atoms with Gasteiger partial charge in [0.25, 0.3) is 0 Å². The van der Waals surface area contributed by atoms with Gasteiger partial charge in [0.1, 0.15) is 0 Å². The first-order valence-corrected chi connectivity index (χ1v) is 6.69. The van der Waals surface area contributed by atoms with Gasteiger partial charge in [0.15, 0.2) is 0 Å². The van der Waals surface area contributed by atoms with Crippen molar-refractivity contribution >= 4 is 5.91 Å². The maximum absolute atomic E-state index is 12.5. The van der Waals surface area contributed by atoms with Crippen LogP contribution in [0, 0.1) is 5.41 Å². The Kier molecular flexibility index (Phi) is 3.73. The van der Waals surface area contributed by atoms with Crippen molar-refractivity contribution in [2.45, 2.75) is 32.2 Å². The molecule has 0 aromatic rings. The zero-order valence-electron chi connectivity index (χ0n) is 11.3. The lowest BCUT2D eigenvalue weighted by atomic mass is 9.87. The normalized spacial score (nSPS) is 31.2. The molecular formula is C13H25N3O. The highest BCUT2D eigenvalue weighted by Crippen LogP contribution is 2.28. The van der Waals surface area contributed by atoms with E-state index in [1.807, 2.05) is 0 Å². The first-order valence-electron chi connectivity index (χ1n) is 6.69. The van der Waals surface area contributed by atoms with Crippen LogP contribution in [0.1, 0.15) is 26.2 Å². The minimum Gasteiger partial charge on any atom is -0.342 e. The Labute approximate surface area is 104 Å². The number of amides is 1. The molecule has 0 radical (unpaired) electrons. The molecule has 0 bridgehead atoms. The maximum atomic E-state index is 12.5. The second kappa shape index (κ2) is 4.94. The van der Waals surface area contributed by atoms with Gasteiger partial charge in [-0.05, 0) is 46.8 Å². The molecular weight excluding hydrogens is 214 g/mol. The first-order chi connectivity index (χ1) is 8.03. The van der Waals surface area contributed by atoms with Gasteiger partial charge in [0, 0.05) is 25.7 Å². The summed E-state index contributed by atoms with van der Waals surface area (Å²) in [4.78, 5) is 16.8. The summed E-state index contributed by atoms with van der Waals surface area (Å²) in [5, 5.41) is 3.30. The quantitative estimate of drug-likeness (QED) is 0.764. The van der Waals surface area contributed by atoms with Crippen LogP contribution in [0.5, 0.6) is 0 Å². The molecule has 1 N–H and O–H groups in total. The summed E-state index contributed by atoms with van der Waals surface area (Å²) in [7, 11) is 4.26. The number of likely N-dealkylation sites (tertiary alicyclic amines) is 1. The van der Waals surface area contributed by atoms with Crippen LogP contribution in [0.25, 0.3) is 0 Å². The molecule has 0 saturated carbocycles. The van der Waals surface area contributed by atoms with Crippen LogP contribution in [0.4, 0.5) is 0 Å². The van der Waals surface area contributed by atoms with Crippen LogP contribution in [0.2, 0.25) is 0 Å². The van der Waals surface area contributed by atoms with Gasteiger partial charge in [-0.1, -0.05) is 0 Å². The number of carbonyl (C=O) groups excluding carboxylic acids is 1. The monoisotopic (exact) mass is 239 g/mol. The van der Waals surface area contributed by atoms with Crippen molar-refractivity contribution in [3.8, 4) is 0 Å². The largest absolute Gasteiger partial charge is 0.342 e. The van der Waals surface area contributed by atoms with Gasteiger partial charge in [0.2, 0.25) is 5.91 Å². The molecule has 2 aliphatic heterocycles. The van der Waals surface area contributed by atoms with Gasteiger partial charge in [0.05, 0.1) is 5.41 Å². The highest BCUT2D eigenvalue weighted by Gasteiger charge is 2.40. The minimum absolute atomic E-state index is 0.148. The molecule has 2 heterocycles. The summed E-state index contributed by atoms with van der Waals surface area (Å²) in [6.07, 6.45) is 3.21. The molecule has 4 heteroatoms. The fourth-order valence-electron chi connectivity index (χ4n) is 2.97. The maximum Gasteiger partial charge on any atom is 0.229 e. The summed E-state index contributed by atoms with van der Waals surface area (Å²) in [5.41, 5.74) is -0.148. The van der Waals surface area contributed by atoms with Crippen LogP contribution in [0.3, 0.4) is 0 Å². The summed E-state index contributed by atoms with van der Waals surface area (Å²) in [6.45, 7) is 5.79. The van der Waals surface area contributed by atoms with E-state index in [-0.39, 0.29) is 5.41 Å². The van der Waals surface area contributed by atoms with Crippen LogP contribution in [0.15, 0.2) is 0 Å². The number of nitrogens with one attached hydrogen (secondary N) is 1. The van der Waals surface area contributed by atoms with Gasteiger partial charge in [-0.25, -0.2) is 0 Å². The van der Waals surface area contributed by atoms with E-state index in [0.717, 1.165) is 45.4 Å². The number of hydrogen-bond donors (Lipinski definition) is 1. The predicted molar refractivity (Wildman–Crippen MR) is 68.9 cm³/mol. The molecule has 0 spiro atoms. The second-order valence-electron chi connectivity index (χ2n) is 5.97. The molecule has 0 aromatic carbocycles. The standard InChI is InChI=1S/C13H25N3O/c1-13(6-7-14-10-13)12(17)16-8-4-11(5-9-16)15(2)3/h11,14H,4-10H2,1-3H3. The van der Waals surface area contributed by atoms with Gasteiger partial charge >= 0.3 is 0 Å². The summed E-state index contributed by atoms with van der Waals surface area (Å²) < 4.78 is 0. The van der Waals surface area contributed by atoms with Crippen molar-refractivity contribution in [1.82, 2.24) is 15.1 Å². The Balaban J connectivity index is 1.90. The zero-order valence-corrected chi connectivity index (χ0v) is 11.3. The number of carbonyl (C=O) groups is 1. The number of rotatable bonds is 2. The summed E-state index contributed by atoms with van der Waals surface area (Å²) >= 11 is 0. The molecule has 2 rings (SSSR count). The van der Waals surface area contributed by atoms with Crippen LogP contribution in [-0.4, -0.2) is 62.0 Å². The Bertz CT molecular complexity index is 276. The molecule has 2 aliphatic rings. The molecule has 17 heavy (non-hydrogen) atoms. The Morgan fingerprint density at radius 1 is 1.35 bits per heavy atom. The zero-order chi connectivity index (χ0) is 12.5. The van der Waals surface area contributed by atoms with E-state index in [1.165, 1.54) is 0 Å². The van der Waals surface area contributed by atoms with E-state index in [2.05, 4.69) is 36.1 Å². The Hall–Kier alpha value is -0.610. The van der Waals surface area contributed by atoms with E-state index in [0.29, 0.717) is 11.9 Å². The third-order valence-corrected chi connectivity index (χ3v) is 4.37. The van der Waals surface area contributed by atoms with Gasteiger partial charge in [-0.15, -0.1) is 0 Å². The SMILES string of the molecule is CN(C)C1CCN(C(=O)C2(C)CCNC2)CC1.